The molecule has 0 amide bonds. The SMILES string of the molecule is CC1(C(O)Cc2cc(Br)cs2)CCCC1. The van der Waals surface area contributed by atoms with Crippen LogP contribution in [0.25, 0.3) is 0 Å². The van der Waals surface area contributed by atoms with E-state index < -0.39 is 0 Å². The smallest absolute Gasteiger partial charge is 0.0641 e. The van der Waals surface area contributed by atoms with Gasteiger partial charge in [0.2, 0.25) is 0 Å². The lowest BCUT2D eigenvalue weighted by Gasteiger charge is -2.29. The second-order valence-electron chi connectivity index (χ2n) is 4.81. The third-order valence-electron chi connectivity index (χ3n) is 3.57. The van der Waals surface area contributed by atoms with Crippen molar-refractivity contribution in [3.63, 3.8) is 0 Å². The monoisotopic (exact) mass is 288 g/mol. The normalized spacial score (nSPS) is 21.8. The fraction of sp³-hybridized carbons (Fsp3) is 0.667. The van der Waals surface area contributed by atoms with Crippen LogP contribution >= 0.6 is 27.3 Å². The van der Waals surface area contributed by atoms with Crippen molar-refractivity contribution in [3.8, 4) is 0 Å². The molecule has 84 valence electrons. The third kappa shape index (κ3) is 2.63. The summed E-state index contributed by atoms with van der Waals surface area (Å²) >= 11 is 5.18. The van der Waals surface area contributed by atoms with Crippen LogP contribution in [0.3, 0.4) is 0 Å². The highest BCUT2D eigenvalue weighted by Crippen LogP contribution is 2.41. The first-order valence-electron chi connectivity index (χ1n) is 5.51. The molecular weight excluding hydrogens is 272 g/mol. The summed E-state index contributed by atoms with van der Waals surface area (Å²) in [7, 11) is 0. The number of aliphatic hydroxyl groups excluding tert-OH is 1. The summed E-state index contributed by atoms with van der Waals surface area (Å²) in [5, 5.41) is 12.3. The quantitative estimate of drug-likeness (QED) is 0.892. The average Bonchev–Trinajstić information content (AvgIpc) is 2.76. The average molecular weight is 289 g/mol. The van der Waals surface area contributed by atoms with E-state index in [4.69, 9.17) is 0 Å². The lowest BCUT2D eigenvalue weighted by molar-refractivity contribution is 0.0430. The first-order chi connectivity index (χ1) is 7.10. The van der Waals surface area contributed by atoms with Gasteiger partial charge in [0.15, 0.2) is 0 Å². The molecule has 15 heavy (non-hydrogen) atoms. The van der Waals surface area contributed by atoms with Gasteiger partial charge in [-0.25, -0.2) is 0 Å². The Hall–Kier alpha value is 0.140. The van der Waals surface area contributed by atoms with Gasteiger partial charge in [-0.2, -0.15) is 0 Å². The number of hydrogen-bond acceptors (Lipinski definition) is 2. The topological polar surface area (TPSA) is 20.2 Å². The zero-order valence-electron chi connectivity index (χ0n) is 9.00. The molecule has 1 aliphatic rings. The second kappa shape index (κ2) is 4.56. The standard InChI is InChI=1S/C12H17BrOS/c1-12(4-2-3-5-12)11(14)7-10-6-9(13)8-15-10/h6,8,11,14H,2-5,7H2,1H3. The van der Waals surface area contributed by atoms with Crippen LogP contribution in [-0.2, 0) is 6.42 Å². The van der Waals surface area contributed by atoms with Crippen LogP contribution in [0.4, 0.5) is 0 Å². The maximum Gasteiger partial charge on any atom is 0.0641 e. The highest BCUT2D eigenvalue weighted by Gasteiger charge is 2.35. The van der Waals surface area contributed by atoms with Gasteiger partial charge in [0.1, 0.15) is 0 Å². The summed E-state index contributed by atoms with van der Waals surface area (Å²) in [6.45, 7) is 2.23. The number of hydrogen-bond donors (Lipinski definition) is 1. The van der Waals surface area contributed by atoms with Gasteiger partial charge in [-0.3, -0.25) is 0 Å². The molecule has 0 spiro atoms. The lowest BCUT2D eigenvalue weighted by Crippen LogP contribution is -2.31. The summed E-state index contributed by atoms with van der Waals surface area (Å²) in [5.74, 6) is 0. The molecule has 1 saturated carbocycles. The van der Waals surface area contributed by atoms with E-state index in [-0.39, 0.29) is 11.5 Å². The van der Waals surface area contributed by atoms with Crippen molar-refractivity contribution < 1.29 is 5.11 Å². The Morgan fingerprint density at radius 1 is 1.53 bits per heavy atom. The zero-order chi connectivity index (χ0) is 10.9. The molecule has 1 unspecified atom stereocenters. The van der Waals surface area contributed by atoms with Crippen LogP contribution in [-0.4, -0.2) is 11.2 Å². The van der Waals surface area contributed by atoms with Crippen molar-refractivity contribution in [1.29, 1.82) is 0 Å². The van der Waals surface area contributed by atoms with E-state index in [1.54, 1.807) is 11.3 Å². The van der Waals surface area contributed by atoms with Crippen LogP contribution < -0.4 is 0 Å². The van der Waals surface area contributed by atoms with Crippen molar-refractivity contribution in [1.82, 2.24) is 0 Å². The Morgan fingerprint density at radius 2 is 2.20 bits per heavy atom. The van der Waals surface area contributed by atoms with Gasteiger partial charge in [-0.05, 0) is 40.3 Å². The maximum absolute atomic E-state index is 10.3. The molecule has 1 fully saturated rings. The molecule has 1 heterocycles. The van der Waals surface area contributed by atoms with Gasteiger partial charge in [-0.15, -0.1) is 11.3 Å². The predicted octanol–water partition coefficient (Wildman–Crippen LogP) is 3.99. The zero-order valence-corrected chi connectivity index (χ0v) is 11.4. The van der Waals surface area contributed by atoms with E-state index in [1.165, 1.54) is 30.6 Å². The summed E-state index contributed by atoms with van der Waals surface area (Å²) in [4.78, 5) is 1.28. The summed E-state index contributed by atoms with van der Waals surface area (Å²) in [6, 6.07) is 2.12. The van der Waals surface area contributed by atoms with Crippen molar-refractivity contribution >= 4 is 27.3 Å². The van der Waals surface area contributed by atoms with Crippen molar-refractivity contribution in [2.24, 2.45) is 5.41 Å². The van der Waals surface area contributed by atoms with Crippen LogP contribution in [0, 0.1) is 5.41 Å². The number of rotatable bonds is 3. The van der Waals surface area contributed by atoms with E-state index in [0.29, 0.717) is 0 Å². The number of halogens is 1. The molecule has 0 aromatic carbocycles. The molecule has 1 atom stereocenters. The van der Waals surface area contributed by atoms with E-state index >= 15 is 0 Å². The highest BCUT2D eigenvalue weighted by atomic mass is 79.9. The highest BCUT2D eigenvalue weighted by molar-refractivity contribution is 9.10. The molecule has 1 aromatic rings. The molecule has 1 aromatic heterocycles. The summed E-state index contributed by atoms with van der Waals surface area (Å²) < 4.78 is 1.13. The molecule has 1 N–H and O–H groups in total. The van der Waals surface area contributed by atoms with Crippen LogP contribution in [0.5, 0.6) is 0 Å². The number of aliphatic hydroxyl groups is 1. The fourth-order valence-electron chi connectivity index (χ4n) is 2.41. The summed E-state index contributed by atoms with van der Waals surface area (Å²) in [6.07, 6.45) is 5.56. The van der Waals surface area contributed by atoms with Gasteiger partial charge in [-0.1, -0.05) is 19.8 Å². The molecule has 1 aliphatic carbocycles. The molecule has 0 radical (unpaired) electrons. The van der Waals surface area contributed by atoms with E-state index in [9.17, 15) is 5.11 Å². The Balaban J connectivity index is 1.99. The predicted molar refractivity (Wildman–Crippen MR) is 68.3 cm³/mol. The molecule has 3 heteroatoms. The van der Waals surface area contributed by atoms with Gasteiger partial charge in [0.25, 0.3) is 0 Å². The molecular formula is C12H17BrOS. The Labute approximate surface area is 104 Å². The van der Waals surface area contributed by atoms with E-state index in [2.05, 4.69) is 34.3 Å². The molecule has 0 bridgehead atoms. The van der Waals surface area contributed by atoms with Crippen molar-refractivity contribution in [2.75, 3.05) is 0 Å². The Kier molecular flexibility index (Phi) is 3.53. The number of thiophene rings is 1. The minimum atomic E-state index is -0.175. The maximum atomic E-state index is 10.3. The summed E-state index contributed by atoms with van der Waals surface area (Å²) in [5.41, 5.74) is 0.163. The molecule has 2 rings (SSSR count). The van der Waals surface area contributed by atoms with Crippen LogP contribution in [0.2, 0.25) is 0 Å². The lowest BCUT2D eigenvalue weighted by atomic mass is 9.81. The minimum absolute atomic E-state index is 0.163. The van der Waals surface area contributed by atoms with Gasteiger partial charge >= 0.3 is 0 Å². The van der Waals surface area contributed by atoms with Crippen molar-refractivity contribution in [3.05, 3.63) is 20.8 Å². The van der Waals surface area contributed by atoms with Gasteiger partial charge < -0.3 is 5.11 Å². The molecule has 0 saturated heterocycles. The fourth-order valence-corrected chi connectivity index (χ4v) is 3.90. The Morgan fingerprint density at radius 3 is 2.73 bits per heavy atom. The van der Waals surface area contributed by atoms with Gasteiger partial charge in [0.05, 0.1) is 6.10 Å². The van der Waals surface area contributed by atoms with Gasteiger partial charge in [0, 0.05) is 21.2 Å². The van der Waals surface area contributed by atoms with E-state index in [1.807, 2.05) is 0 Å². The second-order valence-corrected chi connectivity index (χ2v) is 6.72. The van der Waals surface area contributed by atoms with Crippen molar-refractivity contribution in [2.45, 2.75) is 45.1 Å². The van der Waals surface area contributed by atoms with E-state index in [0.717, 1.165) is 10.9 Å². The Bertz CT molecular complexity index is 328. The molecule has 1 nitrogen and oxygen atoms in total. The first kappa shape index (κ1) is 11.6. The largest absolute Gasteiger partial charge is 0.392 e. The third-order valence-corrected chi connectivity index (χ3v) is 5.29. The minimum Gasteiger partial charge on any atom is -0.392 e. The first-order valence-corrected chi connectivity index (χ1v) is 7.18. The molecule has 0 aliphatic heterocycles. The van der Waals surface area contributed by atoms with Crippen LogP contribution in [0.1, 0.15) is 37.5 Å². The van der Waals surface area contributed by atoms with Crippen LogP contribution in [0.15, 0.2) is 15.9 Å².